The smallest absolute Gasteiger partial charge is 0.330 e. The number of amides is 2. The fraction of sp³-hybridized carbons (Fsp3) is 0.538. The molecule has 0 aromatic rings. The van der Waals surface area contributed by atoms with E-state index in [9.17, 15) is 19.2 Å². The van der Waals surface area contributed by atoms with Gasteiger partial charge in [-0.2, -0.15) is 0 Å². The molecule has 10 heteroatoms. The van der Waals surface area contributed by atoms with Gasteiger partial charge in [0.05, 0.1) is 0 Å². The first-order valence-electron chi connectivity index (χ1n) is 11.5. The lowest BCUT2D eigenvalue weighted by Crippen LogP contribution is -2.25. The molecule has 0 aromatic heterocycles. The molecule has 0 heterocycles. The molecule has 0 aliphatic heterocycles. The number of nitrogens with one attached hydrogen (secondary N) is 2. The molecule has 0 atom stereocenters. The van der Waals surface area contributed by atoms with Gasteiger partial charge < -0.3 is 31.1 Å². The summed E-state index contributed by atoms with van der Waals surface area (Å²) in [5, 5.41) is 37.5. The van der Waals surface area contributed by atoms with Crippen molar-refractivity contribution in [1.29, 1.82) is 0 Å². The van der Waals surface area contributed by atoms with Crippen LogP contribution in [0.3, 0.4) is 0 Å². The van der Waals surface area contributed by atoms with Crippen LogP contribution in [0.5, 0.6) is 0 Å². The molecule has 0 spiro atoms. The third kappa shape index (κ3) is 38.0. The lowest BCUT2D eigenvalue weighted by atomic mass is 10.2. The van der Waals surface area contributed by atoms with Gasteiger partial charge in [-0.25, -0.2) is 9.59 Å². The molecule has 0 rings (SSSR count). The molecule has 0 radical (unpaired) electrons. The first kappa shape index (κ1) is 40.0. The number of hydrogen-bond acceptors (Lipinski definition) is 6. The summed E-state index contributed by atoms with van der Waals surface area (Å²) in [5.74, 6) is -2.03. The molecule has 0 bridgehead atoms. The Hall–Kier alpha value is -3.24. The Morgan fingerprint density at radius 2 is 0.778 bits per heavy atom. The van der Waals surface area contributed by atoms with Crippen molar-refractivity contribution in [1.82, 2.24) is 10.6 Å². The minimum Gasteiger partial charge on any atom is -0.478 e. The molecule has 0 aliphatic carbocycles. The van der Waals surface area contributed by atoms with Crippen molar-refractivity contribution in [3.63, 3.8) is 0 Å². The van der Waals surface area contributed by atoms with E-state index in [0.29, 0.717) is 24.2 Å². The Morgan fingerprint density at radius 3 is 0.944 bits per heavy atom. The van der Waals surface area contributed by atoms with Gasteiger partial charge in [-0.3, -0.25) is 9.59 Å². The summed E-state index contributed by atoms with van der Waals surface area (Å²) < 4.78 is 0. The summed E-state index contributed by atoms with van der Waals surface area (Å²) in [5.41, 5.74) is 1.43. The first-order chi connectivity index (χ1) is 16.6. The molecular formula is C26H46N2O8. The van der Waals surface area contributed by atoms with Gasteiger partial charge in [0, 0.05) is 48.6 Å². The first-order valence-corrected chi connectivity index (χ1v) is 11.5. The van der Waals surface area contributed by atoms with Crippen molar-refractivity contribution in [3.05, 3.63) is 48.6 Å². The van der Waals surface area contributed by atoms with E-state index >= 15 is 0 Å². The Bertz CT molecular complexity index is 631. The number of carboxylic acid groups (broad SMARTS) is 2. The summed E-state index contributed by atoms with van der Waals surface area (Å²) in [4.78, 5) is 41.5. The second kappa shape index (κ2) is 28.0. The monoisotopic (exact) mass is 514 g/mol. The Morgan fingerprint density at radius 1 is 0.528 bits per heavy atom. The van der Waals surface area contributed by atoms with Crippen LogP contribution in [0.25, 0.3) is 0 Å². The van der Waals surface area contributed by atoms with Crippen LogP contribution in [0.1, 0.15) is 66.2 Å². The average molecular weight is 515 g/mol. The quantitative estimate of drug-likeness (QED) is 0.152. The highest BCUT2D eigenvalue weighted by Crippen LogP contribution is 1.99. The highest BCUT2D eigenvalue weighted by atomic mass is 16.4. The van der Waals surface area contributed by atoms with Crippen LogP contribution < -0.4 is 10.6 Å². The summed E-state index contributed by atoms with van der Waals surface area (Å²) in [6.07, 6.45) is 5.42. The highest BCUT2D eigenvalue weighted by Gasteiger charge is 2.01. The third-order valence-corrected chi connectivity index (χ3v) is 3.75. The second-order valence-corrected chi connectivity index (χ2v) is 7.81. The van der Waals surface area contributed by atoms with Gasteiger partial charge in [0.2, 0.25) is 11.8 Å². The molecule has 0 fully saturated rings. The van der Waals surface area contributed by atoms with Crippen LogP contribution >= 0.6 is 0 Å². The predicted molar refractivity (Wildman–Crippen MR) is 142 cm³/mol. The van der Waals surface area contributed by atoms with E-state index in [4.69, 9.17) is 20.4 Å². The van der Waals surface area contributed by atoms with Crippen LogP contribution in [-0.4, -0.2) is 70.5 Å². The SMILES string of the molecule is C=C(C)C(=O)NCCCCCCNC(=O)C(=C)C.C=C(C)C(=O)O.C=C(C)C(=O)O.OCCCCO. The molecule has 0 saturated carbocycles. The van der Waals surface area contributed by atoms with Gasteiger partial charge in [0.25, 0.3) is 0 Å². The van der Waals surface area contributed by atoms with Crippen LogP contribution in [-0.2, 0) is 19.2 Å². The summed E-state index contributed by atoms with van der Waals surface area (Å²) in [6.45, 7) is 21.5. The van der Waals surface area contributed by atoms with Gasteiger partial charge in [0.1, 0.15) is 0 Å². The number of aliphatic hydroxyl groups is 2. The molecule has 2 amide bonds. The molecule has 10 nitrogen and oxygen atoms in total. The maximum absolute atomic E-state index is 11.2. The van der Waals surface area contributed by atoms with Gasteiger partial charge >= 0.3 is 11.9 Å². The van der Waals surface area contributed by atoms with Gasteiger partial charge in [-0.15, -0.1) is 0 Å². The molecular weight excluding hydrogens is 468 g/mol. The minimum absolute atomic E-state index is 0.0799. The average Bonchev–Trinajstić information content (AvgIpc) is 2.79. The van der Waals surface area contributed by atoms with Crippen molar-refractivity contribution < 1.29 is 39.6 Å². The molecule has 36 heavy (non-hydrogen) atoms. The molecule has 0 unspecified atom stereocenters. The fourth-order valence-electron chi connectivity index (χ4n) is 1.53. The zero-order valence-electron chi connectivity index (χ0n) is 22.3. The topological polar surface area (TPSA) is 173 Å². The Balaban J connectivity index is -0.000000231. The number of aliphatic carboxylic acids is 2. The van der Waals surface area contributed by atoms with Crippen molar-refractivity contribution in [3.8, 4) is 0 Å². The van der Waals surface area contributed by atoms with Crippen molar-refractivity contribution >= 4 is 23.8 Å². The maximum atomic E-state index is 11.2. The standard InChI is InChI=1S/C14H24N2O2.2C4H6O2.C4H10O2/c1-11(2)13(17)15-9-7-5-6-8-10-16-14(18)12(3)4;2*1-3(2)4(5)6;5-3-1-2-4-6/h1,3,5-10H2,2,4H3,(H,15,17)(H,16,18);2*1H2,2H3,(H,5,6);5-6H,1-4H2. The van der Waals surface area contributed by atoms with E-state index in [1.165, 1.54) is 13.8 Å². The summed E-state index contributed by atoms with van der Waals surface area (Å²) >= 11 is 0. The van der Waals surface area contributed by atoms with Crippen molar-refractivity contribution in [2.24, 2.45) is 0 Å². The number of hydrogen-bond donors (Lipinski definition) is 6. The van der Waals surface area contributed by atoms with Crippen molar-refractivity contribution in [2.75, 3.05) is 26.3 Å². The second-order valence-electron chi connectivity index (χ2n) is 7.81. The van der Waals surface area contributed by atoms with E-state index in [2.05, 4.69) is 36.9 Å². The van der Waals surface area contributed by atoms with E-state index in [0.717, 1.165) is 38.5 Å². The molecule has 0 saturated heterocycles. The van der Waals surface area contributed by atoms with Crippen LogP contribution in [0.15, 0.2) is 48.6 Å². The lowest BCUT2D eigenvalue weighted by Gasteiger charge is -2.06. The molecule has 0 aliphatic rings. The van der Waals surface area contributed by atoms with E-state index in [-0.39, 0.29) is 36.2 Å². The number of carbonyl (C=O) groups excluding carboxylic acids is 2. The fourth-order valence-corrected chi connectivity index (χ4v) is 1.53. The number of unbranched alkanes of at least 4 members (excludes halogenated alkanes) is 4. The predicted octanol–water partition coefficient (Wildman–Crippen LogP) is 2.98. The van der Waals surface area contributed by atoms with Crippen molar-refractivity contribution in [2.45, 2.75) is 66.2 Å². The third-order valence-electron chi connectivity index (χ3n) is 3.75. The Labute approximate surface area is 215 Å². The summed E-state index contributed by atoms with van der Waals surface area (Å²) in [6, 6.07) is 0. The largest absolute Gasteiger partial charge is 0.478 e. The zero-order chi connectivity index (χ0) is 29.1. The molecule has 6 N–H and O–H groups in total. The molecule has 208 valence electrons. The van der Waals surface area contributed by atoms with Gasteiger partial charge in [-0.05, 0) is 53.4 Å². The van der Waals surface area contributed by atoms with Crippen LogP contribution in [0, 0.1) is 0 Å². The van der Waals surface area contributed by atoms with Crippen LogP contribution in [0.2, 0.25) is 0 Å². The number of carboxylic acids is 2. The minimum atomic E-state index is -0.935. The molecule has 0 aromatic carbocycles. The van der Waals surface area contributed by atoms with Gasteiger partial charge in [0.15, 0.2) is 0 Å². The maximum Gasteiger partial charge on any atom is 0.330 e. The van der Waals surface area contributed by atoms with E-state index in [1.807, 2.05) is 0 Å². The highest BCUT2D eigenvalue weighted by molar-refractivity contribution is 5.92. The number of aliphatic hydroxyl groups excluding tert-OH is 2. The zero-order valence-corrected chi connectivity index (χ0v) is 22.3. The Kier molecular flexibility index (Phi) is 31.1. The van der Waals surface area contributed by atoms with Crippen LogP contribution in [0.4, 0.5) is 0 Å². The summed E-state index contributed by atoms with van der Waals surface area (Å²) in [7, 11) is 0. The van der Waals surface area contributed by atoms with E-state index in [1.54, 1.807) is 13.8 Å². The van der Waals surface area contributed by atoms with Gasteiger partial charge in [-0.1, -0.05) is 39.2 Å². The number of rotatable bonds is 14. The van der Waals surface area contributed by atoms with E-state index < -0.39 is 11.9 Å². The lowest BCUT2D eigenvalue weighted by molar-refractivity contribution is -0.133. The number of carbonyl (C=O) groups is 4. The normalized spacial score (nSPS) is 8.83.